The topological polar surface area (TPSA) is 58.6 Å². The van der Waals surface area contributed by atoms with Gasteiger partial charge >= 0.3 is 0 Å². The summed E-state index contributed by atoms with van der Waals surface area (Å²) in [6.07, 6.45) is 3.49. The van der Waals surface area contributed by atoms with Gasteiger partial charge in [-0.2, -0.15) is 0 Å². The van der Waals surface area contributed by atoms with Crippen LogP contribution in [0.5, 0.6) is 0 Å². The number of Topliss-reactive ketones (excluding diaryl/α,β-unsaturated/α-hetero) is 1. The van der Waals surface area contributed by atoms with E-state index in [1.54, 1.807) is 13.8 Å². The second-order valence-corrected chi connectivity index (χ2v) is 4.74. The van der Waals surface area contributed by atoms with Crippen molar-refractivity contribution in [2.24, 2.45) is 0 Å². The zero-order chi connectivity index (χ0) is 13.4. The first-order chi connectivity index (χ1) is 8.61. The summed E-state index contributed by atoms with van der Waals surface area (Å²) in [6, 6.07) is 0. The number of carbonyl (C=O) groups is 2. The van der Waals surface area contributed by atoms with Crippen LogP contribution in [0.15, 0.2) is 0 Å². The highest BCUT2D eigenvalue weighted by molar-refractivity contribution is 5.80. The van der Waals surface area contributed by atoms with Crippen molar-refractivity contribution in [1.29, 1.82) is 0 Å². The molecule has 0 aromatic carbocycles. The summed E-state index contributed by atoms with van der Waals surface area (Å²) in [5.74, 6) is 0.344. The van der Waals surface area contributed by atoms with Crippen LogP contribution in [0.2, 0.25) is 0 Å². The van der Waals surface area contributed by atoms with Crippen LogP contribution in [0, 0.1) is 0 Å². The van der Waals surface area contributed by atoms with Crippen molar-refractivity contribution in [3.63, 3.8) is 0 Å². The van der Waals surface area contributed by atoms with Gasteiger partial charge in [0.15, 0.2) is 5.78 Å². The van der Waals surface area contributed by atoms with E-state index in [0.717, 1.165) is 19.6 Å². The fourth-order valence-corrected chi connectivity index (χ4v) is 2.04. The van der Waals surface area contributed by atoms with Gasteiger partial charge in [0.25, 0.3) is 0 Å². The molecule has 2 aliphatic heterocycles. The van der Waals surface area contributed by atoms with Gasteiger partial charge in [0.1, 0.15) is 6.10 Å². The molecule has 0 radical (unpaired) electrons. The molecule has 2 fully saturated rings. The number of piperidine rings is 1. The third-order valence-electron chi connectivity index (χ3n) is 3.18. The zero-order valence-corrected chi connectivity index (χ0v) is 11.4. The molecule has 0 bridgehead atoms. The first-order valence-corrected chi connectivity index (χ1v) is 6.69. The Balaban J connectivity index is 0.000000180. The average molecular weight is 256 g/mol. The molecule has 1 atom stereocenters. The number of nitrogens with one attached hydrogen (secondary N) is 1. The highest BCUT2D eigenvalue weighted by atomic mass is 16.5. The minimum atomic E-state index is -0.196. The number of carbonyl (C=O) groups excluding carboxylic acids is 2. The van der Waals surface area contributed by atoms with Gasteiger partial charge in [-0.25, -0.2) is 0 Å². The molecule has 104 valence electrons. The van der Waals surface area contributed by atoms with E-state index in [2.05, 4.69) is 5.32 Å². The third kappa shape index (κ3) is 5.60. The Morgan fingerprint density at radius 2 is 1.83 bits per heavy atom. The number of amides is 1. The summed E-state index contributed by atoms with van der Waals surface area (Å²) in [6.45, 7) is 7.36. The molecule has 1 amide bonds. The Morgan fingerprint density at radius 1 is 1.17 bits per heavy atom. The lowest BCUT2D eigenvalue weighted by molar-refractivity contribution is -0.130. The van der Waals surface area contributed by atoms with Crippen LogP contribution < -0.4 is 5.32 Å². The summed E-state index contributed by atoms with van der Waals surface area (Å²) in [5.41, 5.74) is 0. The number of ketones is 1. The van der Waals surface area contributed by atoms with Gasteiger partial charge in [-0.05, 0) is 26.2 Å². The molecule has 1 unspecified atom stereocenters. The molecule has 18 heavy (non-hydrogen) atoms. The summed E-state index contributed by atoms with van der Waals surface area (Å²) in [7, 11) is 0. The van der Waals surface area contributed by atoms with Crippen LogP contribution >= 0.6 is 0 Å². The second kappa shape index (κ2) is 8.21. The minimum absolute atomic E-state index is 0.113. The van der Waals surface area contributed by atoms with Gasteiger partial charge in [0, 0.05) is 33.1 Å². The first-order valence-electron chi connectivity index (χ1n) is 6.69. The Bertz CT molecular complexity index is 241. The highest BCUT2D eigenvalue weighted by Gasteiger charge is 2.16. The molecule has 0 aromatic heterocycles. The monoisotopic (exact) mass is 256 g/mol. The lowest BCUT2D eigenvalue weighted by atomic mass is 10.1. The fourth-order valence-electron chi connectivity index (χ4n) is 2.04. The predicted molar refractivity (Wildman–Crippen MR) is 69.4 cm³/mol. The normalized spacial score (nSPS) is 23.9. The van der Waals surface area contributed by atoms with Crippen molar-refractivity contribution >= 4 is 11.7 Å². The van der Waals surface area contributed by atoms with E-state index >= 15 is 0 Å². The number of likely N-dealkylation sites (tertiary alicyclic amines) is 1. The van der Waals surface area contributed by atoms with E-state index in [-0.39, 0.29) is 17.8 Å². The van der Waals surface area contributed by atoms with E-state index in [0.29, 0.717) is 13.2 Å². The lowest BCUT2D eigenvalue weighted by Crippen LogP contribution is -2.42. The quantitative estimate of drug-likeness (QED) is 0.745. The van der Waals surface area contributed by atoms with Crippen molar-refractivity contribution in [3.05, 3.63) is 0 Å². The molecule has 0 aliphatic carbocycles. The predicted octanol–water partition coefficient (Wildman–Crippen LogP) is 0.583. The summed E-state index contributed by atoms with van der Waals surface area (Å²) < 4.78 is 5.13. The largest absolute Gasteiger partial charge is 0.368 e. The van der Waals surface area contributed by atoms with Gasteiger partial charge in [-0.1, -0.05) is 0 Å². The van der Waals surface area contributed by atoms with Crippen molar-refractivity contribution < 1.29 is 14.3 Å². The molecule has 5 heteroatoms. The van der Waals surface area contributed by atoms with E-state index < -0.39 is 0 Å². The molecule has 5 nitrogen and oxygen atoms in total. The molecule has 0 aromatic rings. The summed E-state index contributed by atoms with van der Waals surface area (Å²) >= 11 is 0. The molecular weight excluding hydrogens is 232 g/mol. The van der Waals surface area contributed by atoms with Gasteiger partial charge in [-0.3, -0.25) is 9.59 Å². The minimum Gasteiger partial charge on any atom is -0.368 e. The maximum Gasteiger partial charge on any atom is 0.219 e. The SMILES string of the molecule is CC(=O)C1CNCCO1.CC(=O)N1CCCCC1. The lowest BCUT2D eigenvalue weighted by Gasteiger charge is -2.24. The number of nitrogens with zero attached hydrogens (tertiary/aromatic N) is 1. The van der Waals surface area contributed by atoms with E-state index in [9.17, 15) is 9.59 Å². The number of morpholine rings is 1. The highest BCUT2D eigenvalue weighted by Crippen LogP contribution is 2.07. The molecule has 0 saturated carbocycles. The van der Waals surface area contributed by atoms with Crippen molar-refractivity contribution in [3.8, 4) is 0 Å². The molecule has 2 heterocycles. The van der Waals surface area contributed by atoms with Crippen molar-refractivity contribution in [1.82, 2.24) is 10.2 Å². The molecular formula is C13H24N2O3. The average Bonchev–Trinajstić information content (AvgIpc) is 2.41. The number of ether oxygens (including phenoxy) is 1. The Kier molecular flexibility index (Phi) is 6.90. The van der Waals surface area contributed by atoms with Crippen LogP contribution in [0.3, 0.4) is 0 Å². The van der Waals surface area contributed by atoms with Gasteiger partial charge in [-0.15, -0.1) is 0 Å². The van der Waals surface area contributed by atoms with Crippen LogP contribution in [-0.2, 0) is 14.3 Å². The maximum atomic E-state index is 10.7. The summed E-state index contributed by atoms with van der Waals surface area (Å²) in [5, 5.41) is 3.07. The Hall–Kier alpha value is -0.940. The summed E-state index contributed by atoms with van der Waals surface area (Å²) in [4.78, 5) is 23.3. The molecule has 0 spiro atoms. The van der Waals surface area contributed by atoms with E-state index in [4.69, 9.17) is 4.74 Å². The van der Waals surface area contributed by atoms with E-state index in [1.165, 1.54) is 19.3 Å². The van der Waals surface area contributed by atoms with Crippen LogP contribution in [0.4, 0.5) is 0 Å². The van der Waals surface area contributed by atoms with Gasteiger partial charge in [0.05, 0.1) is 6.61 Å². The standard InChI is InChI=1S/C7H13NO.C6H11NO2/c1-7(9)8-5-3-2-4-6-8;1-5(8)6-4-7-2-3-9-6/h2-6H2,1H3;6-7H,2-4H2,1H3. The van der Waals surface area contributed by atoms with Crippen LogP contribution in [-0.4, -0.2) is 55.5 Å². The molecule has 2 saturated heterocycles. The van der Waals surface area contributed by atoms with Crippen LogP contribution in [0.1, 0.15) is 33.1 Å². The van der Waals surface area contributed by atoms with Crippen molar-refractivity contribution in [2.75, 3.05) is 32.8 Å². The number of rotatable bonds is 1. The van der Waals surface area contributed by atoms with Crippen molar-refractivity contribution in [2.45, 2.75) is 39.2 Å². The second-order valence-electron chi connectivity index (χ2n) is 4.74. The molecule has 1 N–H and O–H groups in total. The third-order valence-corrected chi connectivity index (χ3v) is 3.18. The van der Waals surface area contributed by atoms with E-state index in [1.807, 2.05) is 4.90 Å². The Labute approximate surface area is 109 Å². The smallest absolute Gasteiger partial charge is 0.219 e. The number of hydrogen-bond donors (Lipinski definition) is 1. The van der Waals surface area contributed by atoms with Crippen LogP contribution in [0.25, 0.3) is 0 Å². The molecule has 2 aliphatic rings. The number of hydrogen-bond acceptors (Lipinski definition) is 4. The Morgan fingerprint density at radius 3 is 2.17 bits per heavy atom. The van der Waals surface area contributed by atoms with Gasteiger partial charge in [0.2, 0.25) is 5.91 Å². The molecule has 2 rings (SSSR count). The van der Waals surface area contributed by atoms with Gasteiger partial charge < -0.3 is 15.0 Å². The fraction of sp³-hybridized carbons (Fsp3) is 0.846. The zero-order valence-electron chi connectivity index (χ0n) is 11.4. The maximum absolute atomic E-state index is 10.7. The first kappa shape index (κ1) is 15.1.